The lowest BCUT2D eigenvalue weighted by molar-refractivity contribution is 0.0997. The highest BCUT2D eigenvalue weighted by atomic mass is 35.5. The first kappa shape index (κ1) is 22.4. The highest BCUT2D eigenvalue weighted by molar-refractivity contribution is 6.30. The van der Waals surface area contributed by atoms with Gasteiger partial charge in [-0.05, 0) is 55.3 Å². The zero-order valence-corrected chi connectivity index (χ0v) is 19.1. The molecule has 0 saturated carbocycles. The summed E-state index contributed by atoms with van der Waals surface area (Å²) in [6.45, 7) is 4.44. The molecular weight excluding hydrogens is 438 g/mol. The minimum atomic E-state index is -0.500. The number of carbonyl (C=O) groups excluding carboxylic acids is 1. The summed E-state index contributed by atoms with van der Waals surface area (Å²) in [5.74, 6) is -0.500. The fourth-order valence-electron chi connectivity index (χ4n) is 3.77. The van der Waals surface area contributed by atoms with Gasteiger partial charge in [0, 0.05) is 23.3 Å². The van der Waals surface area contributed by atoms with Crippen molar-refractivity contribution in [3.63, 3.8) is 0 Å². The molecule has 33 heavy (non-hydrogen) atoms. The van der Waals surface area contributed by atoms with Gasteiger partial charge in [0.2, 0.25) is 0 Å². The number of hydrogen-bond acceptors (Lipinski definition) is 4. The molecule has 4 aromatic rings. The van der Waals surface area contributed by atoms with E-state index < -0.39 is 5.91 Å². The number of pyridine rings is 2. The molecule has 0 radical (unpaired) electrons. The third kappa shape index (κ3) is 4.30. The Morgan fingerprint density at radius 1 is 1.18 bits per heavy atom. The van der Waals surface area contributed by atoms with Gasteiger partial charge in [-0.2, -0.15) is 10.3 Å². The van der Waals surface area contributed by atoms with Gasteiger partial charge in [-0.3, -0.25) is 14.0 Å². The lowest BCUT2D eigenvalue weighted by Gasteiger charge is -2.14. The van der Waals surface area contributed by atoms with Gasteiger partial charge in [0.25, 0.3) is 11.5 Å². The van der Waals surface area contributed by atoms with E-state index in [-0.39, 0.29) is 16.6 Å². The Bertz CT molecular complexity index is 1540. The number of nitrogens with zero attached hydrogens (tertiary/aromatic N) is 5. The summed E-state index contributed by atoms with van der Waals surface area (Å²) >= 11 is 5.93. The summed E-state index contributed by atoms with van der Waals surface area (Å²) in [6, 6.07) is 13.7. The molecule has 7 nitrogen and oxygen atoms in total. The van der Waals surface area contributed by atoms with E-state index in [2.05, 4.69) is 18.0 Å². The van der Waals surface area contributed by atoms with Crippen molar-refractivity contribution < 1.29 is 4.79 Å². The second-order valence-corrected chi connectivity index (χ2v) is 8.25. The Morgan fingerprint density at radius 2 is 1.94 bits per heavy atom. The van der Waals surface area contributed by atoms with Crippen LogP contribution in [0.15, 0.2) is 58.4 Å². The maximum atomic E-state index is 13.3. The Hall–Kier alpha value is -3.76. The number of amides is 1. The molecule has 0 saturated heterocycles. The first-order valence-electron chi connectivity index (χ1n) is 10.7. The molecule has 3 heterocycles. The Balaban J connectivity index is 2.06. The fourth-order valence-corrected chi connectivity index (χ4v) is 3.90. The van der Waals surface area contributed by atoms with Crippen LogP contribution in [0, 0.1) is 18.3 Å². The number of benzene rings is 1. The molecule has 1 aromatic carbocycles. The number of hydrogen-bond donors (Lipinski definition) is 0. The second-order valence-electron chi connectivity index (χ2n) is 7.82. The van der Waals surface area contributed by atoms with Crippen LogP contribution in [0.5, 0.6) is 0 Å². The number of aryl methyl sites for hydroxylation is 2. The van der Waals surface area contributed by atoms with E-state index >= 15 is 0 Å². The molecule has 0 aliphatic carbocycles. The van der Waals surface area contributed by atoms with Gasteiger partial charge in [0.05, 0.1) is 10.9 Å². The second kappa shape index (κ2) is 9.39. The van der Waals surface area contributed by atoms with Crippen molar-refractivity contribution in [1.82, 2.24) is 14.0 Å². The highest BCUT2D eigenvalue weighted by Gasteiger charge is 2.16. The molecule has 0 N–H and O–H groups in total. The van der Waals surface area contributed by atoms with Crippen molar-refractivity contribution in [2.75, 3.05) is 0 Å². The van der Waals surface area contributed by atoms with E-state index in [1.807, 2.05) is 13.0 Å². The number of unbranched alkanes of at least 4 members (excludes halogenated alkanes) is 2. The number of fused-ring (bicyclic) bond motifs is 2. The minimum absolute atomic E-state index is 0.146. The Labute approximate surface area is 195 Å². The Morgan fingerprint density at radius 3 is 2.64 bits per heavy atom. The van der Waals surface area contributed by atoms with Crippen molar-refractivity contribution in [2.24, 2.45) is 4.99 Å². The van der Waals surface area contributed by atoms with Gasteiger partial charge in [-0.15, -0.1) is 0 Å². The van der Waals surface area contributed by atoms with E-state index in [1.54, 1.807) is 41.1 Å². The number of halogens is 1. The van der Waals surface area contributed by atoms with Crippen LogP contribution >= 0.6 is 11.6 Å². The van der Waals surface area contributed by atoms with Crippen LogP contribution in [0.1, 0.15) is 47.7 Å². The average molecular weight is 460 g/mol. The zero-order valence-electron chi connectivity index (χ0n) is 18.4. The summed E-state index contributed by atoms with van der Waals surface area (Å²) in [5, 5.41) is 10.7. The van der Waals surface area contributed by atoms with Gasteiger partial charge in [-0.1, -0.05) is 37.4 Å². The number of rotatable bonds is 5. The van der Waals surface area contributed by atoms with Crippen LogP contribution in [0.2, 0.25) is 5.02 Å². The topological polar surface area (TPSA) is 92.5 Å². The number of carbonyl (C=O) groups is 1. The normalized spacial score (nSPS) is 11.8. The van der Waals surface area contributed by atoms with Crippen molar-refractivity contribution in [3.8, 4) is 6.07 Å². The quantitative estimate of drug-likeness (QED) is 0.326. The van der Waals surface area contributed by atoms with Crippen LogP contribution in [0.4, 0.5) is 0 Å². The average Bonchev–Trinajstić information content (AvgIpc) is 2.81. The van der Waals surface area contributed by atoms with Crippen LogP contribution in [-0.4, -0.2) is 19.9 Å². The molecular formula is C25H22ClN5O2. The summed E-state index contributed by atoms with van der Waals surface area (Å²) in [5.41, 5.74) is 2.21. The lowest BCUT2D eigenvalue weighted by Crippen LogP contribution is -2.29. The molecule has 166 valence electrons. The molecule has 0 atom stereocenters. The summed E-state index contributed by atoms with van der Waals surface area (Å²) in [7, 11) is 0. The van der Waals surface area contributed by atoms with Crippen LogP contribution in [0.3, 0.4) is 0 Å². The summed E-state index contributed by atoms with van der Waals surface area (Å²) < 4.78 is 3.20. The van der Waals surface area contributed by atoms with E-state index in [4.69, 9.17) is 16.6 Å². The molecule has 0 unspecified atom stereocenters. The zero-order chi connectivity index (χ0) is 23.5. The number of aromatic nitrogens is 3. The monoisotopic (exact) mass is 459 g/mol. The van der Waals surface area contributed by atoms with Crippen LogP contribution < -0.4 is 11.0 Å². The van der Waals surface area contributed by atoms with Gasteiger partial charge in [0.15, 0.2) is 5.49 Å². The summed E-state index contributed by atoms with van der Waals surface area (Å²) in [4.78, 5) is 35.3. The standard InChI is InChI=1S/C25H22ClN5O2/c1-3-4-5-12-30-22(29-24(32)17-8-10-19(26)11-9-17)18(15-27)14-20-23(30)28-21-16(2)7-6-13-31(21)25(20)33/h6-11,13-14H,3-5,12H2,1-2H3. The lowest BCUT2D eigenvalue weighted by atomic mass is 10.2. The number of nitriles is 1. The molecule has 0 spiro atoms. The third-order valence-electron chi connectivity index (χ3n) is 5.51. The van der Waals surface area contributed by atoms with E-state index in [1.165, 1.54) is 10.5 Å². The van der Waals surface area contributed by atoms with Crippen LogP contribution in [-0.2, 0) is 6.54 Å². The molecule has 0 bridgehead atoms. The summed E-state index contributed by atoms with van der Waals surface area (Å²) in [6.07, 6.45) is 4.39. The molecule has 0 fully saturated rings. The predicted molar refractivity (Wildman–Crippen MR) is 127 cm³/mol. The predicted octanol–water partition coefficient (Wildman–Crippen LogP) is 4.41. The van der Waals surface area contributed by atoms with Crippen molar-refractivity contribution >= 4 is 34.2 Å². The largest absolute Gasteiger partial charge is 0.309 e. The molecule has 8 heteroatoms. The van der Waals surface area contributed by atoms with Crippen LogP contribution in [0.25, 0.3) is 16.7 Å². The molecule has 0 aliphatic rings. The molecule has 4 rings (SSSR count). The van der Waals surface area contributed by atoms with Gasteiger partial charge in [-0.25, -0.2) is 4.98 Å². The molecule has 3 aromatic heterocycles. The van der Waals surface area contributed by atoms with Gasteiger partial charge >= 0.3 is 0 Å². The minimum Gasteiger partial charge on any atom is -0.309 e. The van der Waals surface area contributed by atoms with E-state index in [0.717, 1.165) is 24.8 Å². The molecule has 0 aliphatic heterocycles. The van der Waals surface area contributed by atoms with Gasteiger partial charge < -0.3 is 4.57 Å². The third-order valence-corrected chi connectivity index (χ3v) is 5.76. The highest BCUT2D eigenvalue weighted by Crippen LogP contribution is 2.14. The Kier molecular flexibility index (Phi) is 6.38. The van der Waals surface area contributed by atoms with Crippen molar-refractivity contribution in [1.29, 1.82) is 5.26 Å². The fraction of sp³-hybridized carbons (Fsp3) is 0.240. The SMILES string of the molecule is CCCCCn1c(=NC(=O)c2ccc(Cl)cc2)c(C#N)cc2c(=O)n3cccc(C)c3nc21. The maximum Gasteiger partial charge on any atom is 0.278 e. The maximum absolute atomic E-state index is 13.3. The van der Waals surface area contributed by atoms with Crippen molar-refractivity contribution in [2.45, 2.75) is 39.7 Å². The first-order chi connectivity index (χ1) is 15.9. The first-order valence-corrected chi connectivity index (χ1v) is 11.1. The van der Waals surface area contributed by atoms with Crippen molar-refractivity contribution in [3.05, 3.63) is 86.2 Å². The smallest absolute Gasteiger partial charge is 0.278 e. The van der Waals surface area contributed by atoms with Gasteiger partial charge in [0.1, 0.15) is 17.4 Å². The van der Waals surface area contributed by atoms with E-state index in [9.17, 15) is 14.9 Å². The van der Waals surface area contributed by atoms with E-state index in [0.29, 0.717) is 33.8 Å². The molecule has 1 amide bonds.